The van der Waals surface area contributed by atoms with Gasteiger partial charge in [0.2, 0.25) is 0 Å². The molecule has 6 heteroatoms. The number of carbonyl (C=O) groups excluding carboxylic acids is 1. The molecule has 0 spiro atoms. The van der Waals surface area contributed by atoms with Crippen molar-refractivity contribution in [3.8, 4) is 0 Å². The van der Waals surface area contributed by atoms with Crippen LogP contribution in [0.3, 0.4) is 0 Å². The number of aliphatic hydroxyl groups is 1. The lowest BCUT2D eigenvalue weighted by Crippen LogP contribution is -2.29. The van der Waals surface area contributed by atoms with Gasteiger partial charge in [-0.1, -0.05) is 18.2 Å². The topological polar surface area (TPSA) is 66.3 Å². The lowest BCUT2D eigenvalue weighted by Gasteiger charge is -2.16. The molecule has 4 rings (SSSR count). The van der Waals surface area contributed by atoms with Gasteiger partial charge in [0.25, 0.3) is 5.91 Å². The van der Waals surface area contributed by atoms with E-state index in [4.69, 9.17) is 0 Å². The second kappa shape index (κ2) is 6.78. The Bertz CT molecular complexity index is 963. The van der Waals surface area contributed by atoms with Crippen LogP contribution < -0.4 is 0 Å². The molecule has 5 nitrogen and oxygen atoms in total. The zero-order valence-electron chi connectivity index (χ0n) is 14.8. The van der Waals surface area contributed by atoms with Crippen LogP contribution in [0.25, 0.3) is 10.9 Å². The molecule has 3 aromatic rings. The van der Waals surface area contributed by atoms with Gasteiger partial charge >= 0.3 is 0 Å². The van der Waals surface area contributed by atoms with Crippen LogP contribution in [0.15, 0.2) is 36.5 Å². The van der Waals surface area contributed by atoms with Gasteiger partial charge in [0, 0.05) is 30.6 Å². The first-order chi connectivity index (χ1) is 12.5. The van der Waals surface area contributed by atoms with E-state index < -0.39 is 6.10 Å². The lowest BCUT2D eigenvalue weighted by molar-refractivity contribution is 0.0768. The molecule has 0 bridgehead atoms. The zero-order valence-corrected chi connectivity index (χ0v) is 15.7. The molecule has 1 N–H and O–H groups in total. The number of aromatic nitrogens is 2. The molecule has 26 heavy (non-hydrogen) atoms. The maximum atomic E-state index is 12.8. The fourth-order valence-electron chi connectivity index (χ4n) is 3.71. The number of β-amino-alcohol motifs (C(OH)–C–C–N with tert-alkyl or cyclic N) is 1. The third-order valence-electron chi connectivity index (χ3n) is 5.01. The van der Waals surface area contributed by atoms with E-state index in [1.54, 1.807) is 4.90 Å². The minimum atomic E-state index is -0.514. The number of thiazole rings is 1. The van der Waals surface area contributed by atoms with Crippen molar-refractivity contribution in [2.24, 2.45) is 5.92 Å². The van der Waals surface area contributed by atoms with Crippen molar-refractivity contribution < 1.29 is 9.90 Å². The second-order valence-electron chi connectivity index (χ2n) is 6.88. The first-order valence-electron chi connectivity index (χ1n) is 8.77. The number of aliphatic hydroxyl groups excluding tert-OH is 1. The van der Waals surface area contributed by atoms with Gasteiger partial charge in [0.15, 0.2) is 0 Å². The van der Waals surface area contributed by atoms with Crippen LogP contribution in [0.4, 0.5) is 0 Å². The van der Waals surface area contributed by atoms with Crippen LogP contribution in [-0.4, -0.2) is 45.1 Å². The summed E-state index contributed by atoms with van der Waals surface area (Å²) in [6, 6.07) is 10.0. The fourth-order valence-corrected chi connectivity index (χ4v) is 4.60. The van der Waals surface area contributed by atoms with Gasteiger partial charge in [-0.05, 0) is 38.0 Å². The van der Waals surface area contributed by atoms with E-state index in [1.165, 1.54) is 16.9 Å². The van der Waals surface area contributed by atoms with Gasteiger partial charge in [0.1, 0.15) is 4.88 Å². The van der Waals surface area contributed by atoms with Gasteiger partial charge in [0.05, 0.1) is 22.3 Å². The van der Waals surface area contributed by atoms with E-state index in [2.05, 4.69) is 16.0 Å². The van der Waals surface area contributed by atoms with Crippen LogP contribution in [-0.2, 0) is 6.42 Å². The van der Waals surface area contributed by atoms with E-state index in [0.29, 0.717) is 18.0 Å². The Morgan fingerprint density at radius 2 is 2.08 bits per heavy atom. The number of likely N-dealkylation sites (tertiary alicyclic amines) is 1. The van der Waals surface area contributed by atoms with Crippen LogP contribution in [0, 0.1) is 19.8 Å². The van der Waals surface area contributed by atoms with Gasteiger partial charge in [-0.25, -0.2) is 4.98 Å². The van der Waals surface area contributed by atoms with Crippen molar-refractivity contribution in [1.29, 1.82) is 0 Å². The molecule has 0 unspecified atom stereocenters. The summed E-state index contributed by atoms with van der Waals surface area (Å²) in [5.41, 5.74) is 2.90. The molecule has 1 saturated heterocycles. The van der Waals surface area contributed by atoms with E-state index in [-0.39, 0.29) is 11.8 Å². The predicted molar refractivity (Wildman–Crippen MR) is 102 cm³/mol. The highest BCUT2D eigenvalue weighted by atomic mass is 32.1. The molecule has 0 radical (unpaired) electrons. The van der Waals surface area contributed by atoms with Crippen molar-refractivity contribution >= 4 is 28.1 Å². The van der Waals surface area contributed by atoms with Gasteiger partial charge < -0.3 is 10.0 Å². The number of carbonyl (C=O) groups is 1. The van der Waals surface area contributed by atoms with Crippen LogP contribution in [0.2, 0.25) is 0 Å². The zero-order chi connectivity index (χ0) is 18.3. The highest BCUT2D eigenvalue weighted by Gasteiger charge is 2.35. The molecule has 3 heterocycles. The van der Waals surface area contributed by atoms with Crippen LogP contribution >= 0.6 is 11.3 Å². The Balaban J connectivity index is 1.54. The standard InChI is InChI=1S/C20H21N3O2S/c1-12-19(26-13(2)22-12)20(25)23-10-15(18(24)11-23)9-14-7-8-21-17-6-4-3-5-16(14)17/h3-8,15,18,24H,9-11H2,1-2H3/t15-,18-/m1/s1. The number of rotatable bonds is 3. The molecular formula is C20H21N3O2S. The Morgan fingerprint density at radius 3 is 2.85 bits per heavy atom. The first kappa shape index (κ1) is 17.1. The van der Waals surface area contributed by atoms with Crippen molar-refractivity contribution in [2.75, 3.05) is 13.1 Å². The highest BCUT2D eigenvalue weighted by molar-refractivity contribution is 7.13. The molecule has 1 amide bonds. The number of aryl methyl sites for hydroxylation is 2. The van der Waals surface area contributed by atoms with Crippen LogP contribution in [0.5, 0.6) is 0 Å². The number of nitrogens with zero attached hydrogens (tertiary/aromatic N) is 3. The largest absolute Gasteiger partial charge is 0.391 e. The van der Waals surface area contributed by atoms with Crippen LogP contribution in [0.1, 0.15) is 25.9 Å². The third kappa shape index (κ3) is 3.10. The Morgan fingerprint density at radius 1 is 1.27 bits per heavy atom. The maximum absolute atomic E-state index is 12.8. The Kier molecular flexibility index (Phi) is 4.46. The summed E-state index contributed by atoms with van der Waals surface area (Å²) in [6.45, 7) is 4.71. The molecule has 2 aromatic heterocycles. The number of benzene rings is 1. The molecule has 0 aliphatic carbocycles. The number of amides is 1. The fraction of sp³-hybridized carbons (Fsp3) is 0.350. The minimum absolute atomic E-state index is 0.0192. The number of pyridine rings is 1. The van der Waals surface area contributed by atoms with Gasteiger partial charge in [-0.15, -0.1) is 11.3 Å². The SMILES string of the molecule is Cc1nc(C)c(C(=O)N2C[C@@H](Cc3ccnc4ccccc34)[C@H](O)C2)s1. The van der Waals surface area contributed by atoms with Crippen molar-refractivity contribution in [3.63, 3.8) is 0 Å². The summed E-state index contributed by atoms with van der Waals surface area (Å²) in [5, 5.41) is 12.5. The van der Waals surface area contributed by atoms with Gasteiger partial charge in [-0.2, -0.15) is 0 Å². The third-order valence-corrected chi connectivity index (χ3v) is 6.07. The normalized spacial score (nSPS) is 20.0. The number of para-hydroxylation sites is 1. The molecular weight excluding hydrogens is 346 g/mol. The predicted octanol–water partition coefficient (Wildman–Crippen LogP) is 2.98. The summed E-state index contributed by atoms with van der Waals surface area (Å²) in [4.78, 5) is 24.0. The smallest absolute Gasteiger partial charge is 0.265 e. The van der Waals surface area contributed by atoms with E-state index in [1.807, 2.05) is 44.3 Å². The molecule has 0 saturated carbocycles. The van der Waals surface area contributed by atoms with Crippen molar-refractivity contribution in [3.05, 3.63) is 57.7 Å². The summed E-state index contributed by atoms with van der Waals surface area (Å²) in [5.74, 6) is 0.00770. The summed E-state index contributed by atoms with van der Waals surface area (Å²) in [7, 11) is 0. The molecule has 134 valence electrons. The monoisotopic (exact) mass is 367 g/mol. The number of hydrogen-bond acceptors (Lipinski definition) is 5. The van der Waals surface area contributed by atoms with Crippen molar-refractivity contribution in [2.45, 2.75) is 26.4 Å². The number of fused-ring (bicyclic) bond motifs is 1. The Labute approximate surface area is 156 Å². The maximum Gasteiger partial charge on any atom is 0.265 e. The molecule has 1 aliphatic heterocycles. The summed E-state index contributed by atoms with van der Waals surface area (Å²) < 4.78 is 0. The summed E-state index contributed by atoms with van der Waals surface area (Å²) in [6.07, 6.45) is 2.03. The van der Waals surface area contributed by atoms with E-state index in [9.17, 15) is 9.90 Å². The molecule has 2 atom stereocenters. The average molecular weight is 367 g/mol. The first-order valence-corrected chi connectivity index (χ1v) is 9.58. The average Bonchev–Trinajstić information content (AvgIpc) is 3.16. The minimum Gasteiger partial charge on any atom is -0.391 e. The summed E-state index contributed by atoms with van der Waals surface area (Å²) >= 11 is 1.43. The lowest BCUT2D eigenvalue weighted by atomic mass is 9.94. The quantitative estimate of drug-likeness (QED) is 0.773. The van der Waals surface area contributed by atoms with E-state index in [0.717, 1.165) is 28.0 Å². The molecule has 1 aliphatic rings. The molecule has 1 fully saturated rings. The Hall–Kier alpha value is -2.31. The van der Waals surface area contributed by atoms with E-state index >= 15 is 0 Å². The second-order valence-corrected chi connectivity index (χ2v) is 8.08. The van der Waals surface area contributed by atoms with Gasteiger partial charge in [-0.3, -0.25) is 9.78 Å². The van der Waals surface area contributed by atoms with Crippen molar-refractivity contribution in [1.82, 2.24) is 14.9 Å². The molecule has 1 aromatic carbocycles. The number of hydrogen-bond donors (Lipinski definition) is 1. The highest BCUT2D eigenvalue weighted by Crippen LogP contribution is 2.28.